The minimum Gasteiger partial charge on any atom is -0.445 e. The average Bonchev–Trinajstić information content (AvgIpc) is 3.09. The third kappa shape index (κ3) is 4.90. The Morgan fingerprint density at radius 2 is 1.89 bits per heavy atom. The van der Waals surface area contributed by atoms with Gasteiger partial charge >= 0.3 is 5.97 Å². The summed E-state index contributed by atoms with van der Waals surface area (Å²) < 4.78 is 6.01. The summed E-state index contributed by atoms with van der Waals surface area (Å²) in [4.78, 5) is 38.9. The van der Waals surface area contributed by atoms with Crippen LogP contribution in [-0.2, 0) is 25.5 Å². The maximum atomic E-state index is 13.7. The van der Waals surface area contributed by atoms with Gasteiger partial charge in [-0.15, -0.1) is 0 Å². The van der Waals surface area contributed by atoms with Crippen LogP contribution in [0, 0.1) is 23.7 Å². The Labute approximate surface area is 207 Å². The number of hydrogen-bond acceptors (Lipinski definition) is 5. The van der Waals surface area contributed by atoms with Crippen LogP contribution in [0.4, 0.5) is 0 Å². The van der Waals surface area contributed by atoms with Gasteiger partial charge in [0.05, 0.1) is 12.0 Å². The molecule has 186 valence electrons. The Kier molecular flexibility index (Phi) is 7.41. The molecule has 2 fully saturated rings. The molecule has 2 heterocycles. The SMILES string of the molecule is C=C1C(C)C2C(Cc3ccccc3)NC(=O)C23OC(=O)/C=C\C(=O)CCCC(C)C/C=C\C3C1O. The van der Waals surface area contributed by atoms with Gasteiger partial charge in [0, 0.05) is 24.5 Å². The Morgan fingerprint density at radius 3 is 2.63 bits per heavy atom. The summed E-state index contributed by atoms with van der Waals surface area (Å²) in [5.41, 5.74) is 0.0801. The Balaban J connectivity index is 1.79. The predicted octanol–water partition coefficient (Wildman–Crippen LogP) is 3.70. The summed E-state index contributed by atoms with van der Waals surface area (Å²) in [7, 11) is 0. The Morgan fingerprint density at radius 1 is 1.14 bits per heavy atom. The third-order valence-corrected chi connectivity index (χ3v) is 7.91. The monoisotopic (exact) mass is 477 g/mol. The summed E-state index contributed by atoms with van der Waals surface area (Å²) in [5.74, 6) is -2.46. The van der Waals surface area contributed by atoms with Crippen LogP contribution >= 0.6 is 0 Å². The van der Waals surface area contributed by atoms with Gasteiger partial charge in [-0.3, -0.25) is 9.59 Å². The molecule has 4 rings (SSSR count). The van der Waals surface area contributed by atoms with Gasteiger partial charge in [0.1, 0.15) is 0 Å². The smallest absolute Gasteiger partial charge is 0.331 e. The lowest BCUT2D eigenvalue weighted by molar-refractivity contribution is -0.182. The third-order valence-electron chi connectivity index (χ3n) is 7.91. The Hall–Kier alpha value is -2.99. The summed E-state index contributed by atoms with van der Waals surface area (Å²) in [5, 5.41) is 14.4. The highest BCUT2D eigenvalue weighted by molar-refractivity contribution is 5.98. The van der Waals surface area contributed by atoms with Crippen molar-refractivity contribution >= 4 is 17.7 Å². The van der Waals surface area contributed by atoms with Crippen LogP contribution in [0.15, 0.2) is 66.8 Å². The number of carbonyl (C=O) groups is 3. The molecule has 7 atom stereocenters. The lowest BCUT2D eigenvalue weighted by Gasteiger charge is -2.49. The highest BCUT2D eigenvalue weighted by atomic mass is 16.6. The van der Waals surface area contributed by atoms with Crippen LogP contribution in [0.2, 0.25) is 0 Å². The van der Waals surface area contributed by atoms with Crippen molar-refractivity contribution in [1.29, 1.82) is 0 Å². The van der Waals surface area contributed by atoms with E-state index in [2.05, 4.69) is 18.8 Å². The maximum Gasteiger partial charge on any atom is 0.331 e. The summed E-state index contributed by atoms with van der Waals surface area (Å²) in [6, 6.07) is 9.53. The fourth-order valence-electron chi connectivity index (χ4n) is 6.00. The summed E-state index contributed by atoms with van der Waals surface area (Å²) >= 11 is 0. The first kappa shape index (κ1) is 25.1. The maximum absolute atomic E-state index is 13.7. The minimum absolute atomic E-state index is 0.143. The van der Waals surface area contributed by atoms with Gasteiger partial charge in [-0.05, 0) is 54.7 Å². The van der Waals surface area contributed by atoms with Gasteiger partial charge < -0.3 is 15.2 Å². The van der Waals surface area contributed by atoms with E-state index in [-0.39, 0.29) is 17.7 Å². The van der Waals surface area contributed by atoms with E-state index in [4.69, 9.17) is 4.74 Å². The first-order valence-electron chi connectivity index (χ1n) is 12.6. The number of aliphatic hydroxyl groups excluding tert-OH is 1. The minimum atomic E-state index is -1.60. The molecule has 1 aromatic rings. The second kappa shape index (κ2) is 10.3. The van der Waals surface area contributed by atoms with Crippen LogP contribution < -0.4 is 5.32 Å². The molecule has 1 saturated heterocycles. The van der Waals surface area contributed by atoms with E-state index in [1.807, 2.05) is 49.4 Å². The van der Waals surface area contributed by atoms with E-state index in [1.165, 1.54) is 6.08 Å². The quantitative estimate of drug-likeness (QED) is 0.501. The molecule has 0 radical (unpaired) electrons. The molecule has 7 unspecified atom stereocenters. The molecule has 1 aliphatic carbocycles. The van der Waals surface area contributed by atoms with Gasteiger partial charge in [0.2, 0.25) is 5.60 Å². The number of esters is 1. The second-order valence-electron chi connectivity index (χ2n) is 10.3. The van der Waals surface area contributed by atoms with Gasteiger partial charge in [-0.25, -0.2) is 4.79 Å². The molecule has 35 heavy (non-hydrogen) atoms. The number of rotatable bonds is 2. The van der Waals surface area contributed by atoms with E-state index >= 15 is 0 Å². The fraction of sp³-hybridized carbons (Fsp3) is 0.483. The van der Waals surface area contributed by atoms with Crippen molar-refractivity contribution in [2.24, 2.45) is 23.7 Å². The number of carbonyl (C=O) groups excluding carboxylic acids is 3. The lowest BCUT2D eigenvalue weighted by Crippen LogP contribution is -2.61. The zero-order valence-electron chi connectivity index (χ0n) is 20.5. The van der Waals surface area contributed by atoms with Gasteiger partial charge in [0.15, 0.2) is 5.78 Å². The van der Waals surface area contributed by atoms with Gasteiger partial charge in [-0.2, -0.15) is 0 Å². The number of nitrogens with one attached hydrogen (secondary N) is 1. The first-order valence-corrected chi connectivity index (χ1v) is 12.6. The molecular weight excluding hydrogens is 442 g/mol. The number of ether oxygens (including phenoxy) is 1. The van der Waals surface area contributed by atoms with Crippen LogP contribution in [0.1, 0.15) is 45.1 Å². The van der Waals surface area contributed by atoms with Crippen molar-refractivity contribution in [3.63, 3.8) is 0 Å². The number of aliphatic hydroxyl groups is 1. The van der Waals surface area contributed by atoms with E-state index < -0.39 is 35.4 Å². The predicted molar refractivity (Wildman–Crippen MR) is 133 cm³/mol. The number of ketones is 1. The van der Waals surface area contributed by atoms with E-state index in [0.717, 1.165) is 30.9 Å². The Bertz CT molecular complexity index is 1040. The first-order chi connectivity index (χ1) is 16.7. The molecule has 0 aromatic heterocycles. The molecule has 2 aliphatic heterocycles. The van der Waals surface area contributed by atoms with Crippen LogP contribution in [0.25, 0.3) is 0 Å². The zero-order chi connectivity index (χ0) is 25.2. The van der Waals surface area contributed by atoms with E-state index in [1.54, 1.807) is 0 Å². The fourth-order valence-corrected chi connectivity index (χ4v) is 6.00. The number of amides is 1. The lowest BCUT2D eigenvalue weighted by atomic mass is 9.59. The number of hydrogen-bond donors (Lipinski definition) is 2. The van der Waals surface area contributed by atoms with Crippen molar-refractivity contribution < 1.29 is 24.2 Å². The summed E-state index contributed by atoms with van der Waals surface area (Å²) in [6.07, 6.45) is 8.39. The van der Waals surface area contributed by atoms with Crippen LogP contribution in [-0.4, -0.2) is 40.5 Å². The summed E-state index contributed by atoms with van der Waals surface area (Å²) in [6.45, 7) is 8.21. The molecule has 1 aromatic carbocycles. The molecule has 6 nitrogen and oxygen atoms in total. The molecule has 2 N–H and O–H groups in total. The molecule has 3 aliphatic rings. The number of benzene rings is 1. The van der Waals surface area contributed by atoms with Crippen molar-refractivity contribution in [2.45, 2.75) is 63.7 Å². The molecular formula is C29H35NO5. The number of allylic oxidation sites excluding steroid dienone is 2. The van der Waals surface area contributed by atoms with E-state index in [0.29, 0.717) is 24.3 Å². The van der Waals surface area contributed by atoms with Gasteiger partial charge in [0.25, 0.3) is 5.91 Å². The average molecular weight is 478 g/mol. The normalized spacial score (nSPS) is 37.9. The molecule has 1 amide bonds. The van der Waals surface area contributed by atoms with E-state index in [9.17, 15) is 19.5 Å². The second-order valence-corrected chi connectivity index (χ2v) is 10.3. The largest absolute Gasteiger partial charge is 0.445 e. The highest BCUT2D eigenvalue weighted by Gasteiger charge is 2.67. The van der Waals surface area contributed by atoms with Crippen LogP contribution in [0.3, 0.4) is 0 Å². The van der Waals surface area contributed by atoms with Crippen molar-refractivity contribution in [1.82, 2.24) is 5.32 Å². The highest BCUT2D eigenvalue weighted by Crippen LogP contribution is 2.52. The zero-order valence-corrected chi connectivity index (χ0v) is 20.5. The standard InChI is InChI=1S/C29H35NO5/c1-18-9-7-13-22(31)15-16-25(32)35-29-23(14-8-10-18)27(33)20(3)19(2)26(29)24(30-28(29)34)17-21-11-5-4-6-12-21/h4-6,8,11-12,14-16,18-19,23-24,26-27,33H,3,7,9-10,13,17H2,1-2H3,(H,30,34)/b14-8-,16-15-. The van der Waals surface area contributed by atoms with Crippen molar-refractivity contribution in [2.75, 3.05) is 0 Å². The molecule has 0 bridgehead atoms. The topological polar surface area (TPSA) is 92.7 Å². The van der Waals surface area contributed by atoms with Gasteiger partial charge in [-0.1, -0.05) is 62.9 Å². The molecule has 1 saturated carbocycles. The van der Waals surface area contributed by atoms with Crippen LogP contribution in [0.5, 0.6) is 0 Å². The molecule has 1 spiro atoms. The van der Waals surface area contributed by atoms with Crippen molar-refractivity contribution in [3.8, 4) is 0 Å². The molecule has 6 heteroatoms. The van der Waals surface area contributed by atoms with Crippen molar-refractivity contribution in [3.05, 3.63) is 72.4 Å².